The normalized spacial score (nSPS) is 19.2. The standard InChI is InChI=1S/C22H26N4O3S/c1-14-13-30-22(23-14)25-20(28)15-8-10-26(11-9-15)19(27)7-6-17-12-16-4-2-3-5-18(16)24-21(17)29/h2-5,13,15,17H,6-12H2,1H3,(H,24,29)(H,23,25,28). The number of likely N-dealkylation sites (tertiary alicyclic amines) is 1. The lowest BCUT2D eigenvalue weighted by atomic mass is 9.89. The number of hydrogen-bond acceptors (Lipinski definition) is 5. The molecule has 1 aromatic heterocycles. The van der Waals surface area contributed by atoms with E-state index in [4.69, 9.17) is 0 Å². The predicted octanol–water partition coefficient (Wildman–Crippen LogP) is 3.22. The molecule has 0 saturated carbocycles. The average molecular weight is 427 g/mol. The van der Waals surface area contributed by atoms with Gasteiger partial charge in [0.2, 0.25) is 17.7 Å². The molecule has 1 unspecified atom stereocenters. The van der Waals surface area contributed by atoms with Gasteiger partial charge in [0.25, 0.3) is 0 Å². The zero-order chi connectivity index (χ0) is 21.1. The first-order valence-electron chi connectivity index (χ1n) is 10.4. The molecule has 158 valence electrons. The highest BCUT2D eigenvalue weighted by atomic mass is 32.1. The molecule has 0 aliphatic carbocycles. The number of nitrogens with zero attached hydrogens (tertiary/aromatic N) is 2. The van der Waals surface area contributed by atoms with Crippen LogP contribution < -0.4 is 10.6 Å². The second kappa shape index (κ2) is 8.95. The summed E-state index contributed by atoms with van der Waals surface area (Å²) in [5.74, 6) is -0.229. The maximum atomic E-state index is 12.6. The number of aromatic nitrogens is 1. The summed E-state index contributed by atoms with van der Waals surface area (Å²) >= 11 is 1.42. The van der Waals surface area contributed by atoms with Crippen molar-refractivity contribution < 1.29 is 14.4 Å². The Morgan fingerprint density at radius 1 is 1.27 bits per heavy atom. The van der Waals surface area contributed by atoms with Crippen molar-refractivity contribution in [2.75, 3.05) is 23.7 Å². The van der Waals surface area contributed by atoms with Crippen LogP contribution in [0.15, 0.2) is 29.6 Å². The topological polar surface area (TPSA) is 91.4 Å². The molecule has 1 aromatic carbocycles. The second-order valence-electron chi connectivity index (χ2n) is 8.02. The highest BCUT2D eigenvalue weighted by molar-refractivity contribution is 7.13. The average Bonchev–Trinajstić information content (AvgIpc) is 3.16. The van der Waals surface area contributed by atoms with Crippen LogP contribution >= 0.6 is 11.3 Å². The van der Waals surface area contributed by atoms with E-state index in [0.29, 0.717) is 50.3 Å². The summed E-state index contributed by atoms with van der Waals surface area (Å²) < 4.78 is 0. The van der Waals surface area contributed by atoms with Crippen molar-refractivity contribution >= 4 is 39.9 Å². The minimum atomic E-state index is -0.172. The molecule has 4 rings (SSSR count). The number of thiazole rings is 1. The van der Waals surface area contributed by atoms with Crippen LogP contribution in [0.5, 0.6) is 0 Å². The van der Waals surface area contributed by atoms with E-state index in [2.05, 4.69) is 15.6 Å². The largest absolute Gasteiger partial charge is 0.343 e. The predicted molar refractivity (Wildman–Crippen MR) is 116 cm³/mol. The summed E-state index contributed by atoms with van der Waals surface area (Å²) in [5, 5.41) is 8.35. The molecule has 8 heteroatoms. The third-order valence-electron chi connectivity index (χ3n) is 5.89. The molecule has 2 N–H and O–H groups in total. The molecule has 7 nitrogen and oxygen atoms in total. The zero-order valence-electron chi connectivity index (χ0n) is 17.0. The Hall–Kier alpha value is -2.74. The van der Waals surface area contributed by atoms with Crippen molar-refractivity contribution in [2.45, 2.75) is 39.0 Å². The Morgan fingerprint density at radius 3 is 2.77 bits per heavy atom. The number of anilines is 2. The van der Waals surface area contributed by atoms with Crippen LogP contribution in [-0.2, 0) is 20.8 Å². The van der Waals surface area contributed by atoms with Gasteiger partial charge in [-0.1, -0.05) is 18.2 Å². The fraction of sp³-hybridized carbons (Fsp3) is 0.455. The van der Waals surface area contributed by atoms with Gasteiger partial charge in [0.15, 0.2) is 5.13 Å². The van der Waals surface area contributed by atoms with Crippen LogP contribution in [0.1, 0.15) is 36.9 Å². The minimum absolute atomic E-state index is 0.00528. The lowest BCUT2D eigenvalue weighted by Gasteiger charge is -2.32. The molecule has 0 spiro atoms. The number of carbonyl (C=O) groups excluding carboxylic acids is 3. The maximum absolute atomic E-state index is 12.6. The fourth-order valence-electron chi connectivity index (χ4n) is 4.11. The van der Waals surface area contributed by atoms with E-state index >= 15 is 0 Å². The van der Waals surface area contributed by atoms with Gasteiger partial charge in [-0.3, -0.25) is 14.4 Å². The van der Waals surface area contributed by atoms with Crippen LogP contribution in [0.25, 0.3) is 0 Å². The molecule has 2 aliphatic heterocycles. The number of amides is 3. The second-order valence-corrected chi connectivity index (χ2v) is 8.88. The molecule has 2 aliphatic rings. The Balaban J connectivity index is 1.23. The monoisotopic (exact) mass is 426 g/mol. The SMILES string of the molecule is Cc1csc(NC(=O)C2CCN(C(=O)CCC3Cc4ccccc4NC3=O)CC2)n1. The number of rotatable bonds is 5. The third-order valence-corrected chi connectivity index (χ3v) is 6.76. The van der Waals surface area contributed by atoms with Crippen molar-refractivity contribution in [3.8, 4) is 0 Å². The summed E-state index contributed by atoms with van der Waals surface area (Å²) in [6, 6.07) is 7.80. The summed E-state index contributed by atoms with van der Waals surface area (Å²) in [5.41, 5.74) is 2.89. The first kappa shape index (κ1) is 20.5. The molecule has 1 fully saturated rings. The first-order chi connectivity index (χ1) is 14.5. The lowest BCUT2D eigenvalue weighted by molar-refractivity contribution is -0.135. The van der Waals surface area contributed by atoms with Crippen LogP contribution in [0.3, 0.4) is 0 Å². The van der Waals surface area contributed by atoms with Gasteiger partial charge in [-0.15, -0.1) is 11.3 Å². The van der Waals surface area contributed by atoms with Crippen LogP contribution in [0.2, 0.25) is 0 Å². The molecule has 3 amide bonds. The minimum Gasteiger partial charge on any atom is -0.343 e. The lowest BCUT2D eigenvalue weighted by Crippen LogP contribution is -2.41. The van der Waals surface area contributed by atoms with E-state index in [1.54, 1.807) is 0 Å². The Kier molecular flexibility index (Phi) is 6.13. The number of hydrogen-bond donors (Lipinski definition) is 2. The summed E-state index contributed by atoms with van der Waals surface area (Å²) in [4.78, 5) is 43.5. The number of nitrogens with one attached hydrogen (secondary N) is 2. The van der Waals surface area contributed by atoms with Gasteiger partial charge in [-0.2, -0.15) is 0 Å². The van der Waals surface area contributed by atoms with Gasteiger partial charge in [-0.25, -0.2) is 4.98 Å². The Morgan fingerprint density at radius 2 is 2.03 bits per heavy atom. The van der Waals surface area contributed by atoms with Crippen molar-refractivity contribution in [3.63, 3.8) is 0 Å². The van der Waals surface area contributed by atoms with Crippen LogP contribution in [0.4, 0.5) is 10.8 Å². The summed E-state index contributed by atoms with van der Waals surface area (Å²) in [6.45, 7) is 3.05. The van der Waals surface area contributed by atoms with Gasteiger partial charge in [0, 0.05) is 42.4 Å². The van der Waals surface area contributed by atoms with E-state index in [9.17, 15) is 14.4 Å². The number of piperidine rings is 1. The quantitative estimate of drug-likeness (QED) is 0.768. The molecule has 1 saturated heterocycles. The van der Waals surface area contributed by atoms with E-state index in [1.165, 1.54) is 11.3 Å². The maximum Gasteiger partial charge on any atom is 0.229 e. The van der Waals surface area contributed by atoms with Crippen molar-refractivity contribution in [3.05, 3.63) is 40.9 Å². The van der Waals surface area contributed by atoms with E-state index in [-0.39, 0.29) is 29.6 Å². The van der Waals surface area contributed by atoms with Gasteiger partial charge in [-0.05, 0) is 44.2 Å². The van der Waals surface area contributed by atoms with Crippen molar-refractivity contribution in [2.24, 2.45) is 11.8 Å². The fourth-order valence-corrected chi connectivity index (χ4v) is 4.80. The molecule has 1 atom stereocenters. The molecular weight excluding hydrogens is 400 g/mol. The summed E-state index contributed by atoms with van der Waals surface area (Å²) in [7, 11) is 0. The molecule has 3 heterocycles. The van der Waals surface area contributed by atoms with Crippen LogP contribution in [-0.4, -0.2) is 40.7 Å². The molecule has 30 heavy (non-hydrogen) atoms. The van der Waals surface area contributed by atoms with Crippen molar-refractivity contribution in [1.29, 1.82) is 0 Å². The highest BCUT2D eigenvalue weighted by Gasteiger charge is 2.30. The Bertz CT molecular complexity index is 949. The van der Waals surface area contributed by atoms with Crippen LogP contribution in [0, 0.1) is 18.8 Å². The van der Waals surface area contributed by atoms with Gasteiger partial charge < -0.3 is 15.5 Å². The number of fused-ring (bicyclic) bond motifs is 1. The van der Waals surface area contributed by atoms with Gasteiger partial charge >= 0.3 is 0 Å². The summed E-state index contributed by atoms with van der Waals surface area (Å²) in [6.07, 6.45) is 2.88. The third kappa shape index (κ3) is 4.70. The Labute approximate surface area is 179 Å². The van der Waals surface area contributed by atoms with E-state index in [0.717, 1.165) is 16.9 Å². The number of benzene rings is 1. The van der Waals surface area contributed by atoms with E-state index in [1.807, 2.05) is 41.5 Å². The smallest absolute Gasteiger partial charge is 0.229 e. The molecule has 2 aromatic rings. The molecular formula is C22H26N4O3S. The molecule has 0 bridgehead atoms. The number of carbonyl (C=O) groups is 3. The first-order valence-corrected chi connectivity index (χ1v) is 11.3. The highest BCUT2D eigenvalue weighted by Crippen LogP contribution is 2.28. The number of para-hydroxylation sites is 1. The molecule has 0 radical (unpaired) electrons. The van der Waals surface area contributed by atoms with Gasteiger partial charge in [0.05, 0.1) is 5.69 Å². The van der Waals surface area contributed by atoms with E-state index < -0.39 is 0 Å². The van der Waals surface area contributed by atoms with Gasteiger partial charge in [0.1, 0.15) is 0 Å². The van der Waals surface area contributed by atoms with Crippen molar-refractivity contribution in [1.82, 2.24) is 9.88 Å². The number of aryl methyl sites for hydroxylation is 1. The zero-order valence-corrected chi connectivity index (χ0v) is 17.8.